The van der Waals surface area contributed by atoms with Crippen LogP contribution in [0.5, 0.6) is 5.75 Å². The number of hydrogen-bond donors (Lipinski definition) is 2. The Morgan fingerprint density at radius 1 is 1.02 bits per heavy atom. The normalized spacial score (nSPS) is 21.6. The van der Waals surface area contributed by atoms with E-state index >= 15 is 0 Å². The van der Waals surface area contributed by atoms with Crippen molar-refractivity contribution < 1.29 is 23.9 Å². The van der Waals surface area contributed by atoms with Gasteiger partial charge in [-0.2, -0.15) is 11.8 Å². The summed E-state index contributed by atoms with van der Waals surface area (Å²) in [6.07, 6.45) is 8.92. The van der Waals surface area contributed by atoms with E-state index in [9.17, 15) is 19.2 Å². The summed E-state index contributed by atoms with van der Waals surface area (Å²) in [7, 11) is 5.55. The number of ether oxygens (including phenoxy) is 1. The predicted molar refractivity (Wildman–Crippen MR) is 226 cm³/mol. The Balaban J connectivity index is 0.898. The number of fused-ring (bicyclic) bond motifs is 1. The van der Waals surface area contributed by atoms with Crippen molar-refractivity contribution in [3.8, 4) is 5.75 Å². The zero-order chi connectivity index (χ0) is 40.2. The molecule has 57 heavy (non-hydrogen) atoms. The Bertz CT molecular complexity index is 2050. The van der Waals surface area contributed by atoms with E-state index in [4.69, 9.17) is 4.74 Å². The second-order valence-electron chi connectivity index (χ2n) is 15.7. The zero-order valence-electron chi connectivity index (χ0n) is 33.6. The number of nitrogens with one attached hydrogen (secondary N) is 2. The molecule has 4 atom stereocenters. The van der Waals surface area contributed by atoms with E-state index in [1.54, 1.807) is 12.0 Å². The number of thioether (sulfide) groups is 1. The van der Waals surface area contributed by atoms with Crippen LogP contribution in [-0.2, 0) is 16.1 Å². The molecule has 0 radical (unpaired) electrons. The lowest BCUT2D eigenvalue weighted by molar-refractivity contribution is -0.131. The van der Waals surface area contributed by atoms with Gasteiger partial charge < -0.3 is 35.0 Å². The third kappa shape index (κ3) is 9.01. The van der Waals surface area contributed by atoms with E-state index in [1.165, 1.54) is 5.70 Å². The number of unbranched alkanes of at least 4 members (excludes halogenated alkanes) is 1. The Hall–Kier alpha value is -5.23. The predicted octanol–water partition coefficient (Wildman–Crippen LogP) is 6.95. The van der Waals surface area contributed by atoms with Crippen LogP contribution in [0.25, 0.3) is 6.08 Å². The first-order valence-corrected chi connectivity index (χ1v) is 21.1. The summed E-state index contributed by atoms with van der Waals surface area (Å²) in [6, 6.07) is 21.3. The molecular weight excluding hydrogens is 737 g/mol. The maximum atomic E-state index is 13.8. The van der Waals surface area contributed by atoms with Crippen LogP contribution in [0.15, 0.2) is 84.2 Å². The summed E-state index contributed by atoms with van der Waals surface area (Å²) in [5.74, 6) is 1.75. The molecule has 11 nitrogen and oxygen atoms in total. The van der Waals surface area contributed by atoms with Gasteiger partial charge in [-0.25, -0.2) is 4.79 Å². The maximum Gasteiger partial charge on any atom is 0.315 e. The minimum absolute atomic E-state index is 0.0276. The van der Waals surface area contributed by atoms with Gasteiger partial charge in [-0.15, -0.1) is 0 Å². The van der Waals surface area contributed by atoms with Crippen molar-refractivity contribution in [1.82, 2.24) is 25.3 Å². The zero-order valence-corrected chi connectivity index (χ0v) is 34.4. The van der Waals surface area contributed by atoms with Crippen LogP contribution in [0.2, 0.25) is 0 Å². The number of allylic oxidation sites excluding steroid dienone is 1. The second-order valence-corrected chi connectivity index (χ2v) is 17.0. The quantitative estimate of drug-likeness (QED) is 0.0782. The smallest absolute Gasteiger partial charge is 0.315 e. The van der Waals surface area contributed by atoms with Crippen LogP contribution in [0.4, 0.5) is 10.5 Å². The second kappa shape index (κ2) is 17.5. The molecule has 12 heteroatoms. The summed E-state index contributed by atoms with van der Waals surface area (Å²) < 4.78 is 5.76. The first-order valence-electron chi connectivity index (χ1n) is 20.0. The summed E-state index contributed by atoms with van der Waals surface area (Å²) in [5, 5.41) is 6.41. The molecule has 3 saturated heterocycles. The van der Waals surface area contributed by atoms with Crippen molar-refractivity contribution in [2.75, 3.05) is 45.1 Å². The molecule has 4 amide bonds. The third-order valence-corrected chi connectivity index (χ3v) is 13.3. The molecule has 0 saturated carbocycles. The highest BCUT2D eigenvalue weighted by molar-refractivity contribution is 8.00. The lowest BCUT2D eigenvalue weighted by Crippen LogP contribution is -2.38. The third-order valence-electron chi connectivity index (χ3n) is 11.8. The Kier molecular flexibility index (Phi) is 12.3. The van der Waals surface area contributed by atoms with Crippen LogP contribution in [-0.4, -0.2) is 95.8 Å². The number of hydrogen-bond acceptors (Lipinski definition) is 8. The van der Waals surface area contributed by atoms with E-state index in [1.807, 2.05) is 103 Å². The summed E-state index contributed by atoms with van der Waals surface area (Å²) in [6.45, 7) is 6.02. The van der Waals surface area contributed by atoms with Gasteiger partial charge in [0, 0.05) is 73.2 Å². The molecule has 4 aliphatic heterocycles. The summed E-state index contributed by atoms with van der Waals surface area (Å²) >= 11 is 1.90. The van der Waals surface area contributed by atoms with Gasteiger partial charge in [0.05, 0.1) is 37.6 Å². The van der Waals surface area contributed by atoms with Crippen LogP contribution >= 0.6 is 11.8 Å². The Morgan fingerprint density at radius 2 is 1.75 bits per heavy atom. The SMILES string of the molecule is COc1cc(/C=C2\CCCN(C(C)c3ccc(C(=O)c4ccc(CN(C)C(=O)CCCCC5SC[C@@H]6NC(=O)N[C@H]56)cc4)cc3)C2=O)ccc1N1C=C(C)N(C)C1. The molecule has 4 heterocycles. The standard InChI is InChI=1S/C45H54N6O5S/c1-29-25-50(28-49(29)4)38-21-14-32(24-39(38)56-5)23-36-9-8-22-51(44(36)54)30(2)33-17-19-35(20-18-33)43(53)34-15-12-31(13-16-34)26-48(3)41(52)11-7-6-10-40-42-37(27-57-40)46-45(55)47-42/h12-21,23-25,30,37,40,42H,6-11,22,26-28H2,1-5H3,(H2,46,47,55)/b36-23+/t30?,37-,40?,42-/m0/s1. The average molecular weight is 791 g/mol. The number of urea groups is 1. The van der Waals surface area contributed by atoms with E-state index in [-0.39, 0.29) is 41.8 Å². The minimum atomic E-state index is -0.156. The van der Waals surface area contributed by atoms with E-state index in [0.717, 1.165) is 71.8 Å². The molecule has 0 aliphatic carbocycles. The molecule has 3 fully saturated rings. The van der Waals surface area contributed by atoms with Crippen molar-refractivity contribution in [3.63, 3.8) is 0 Å². The van der Waals surface area contributed by atoms with Gasteiger partial charge in [0.1, 0.15) is 5.75 Å². The molecule has 0 bridgehead atoms. The van der Waals surface area contributed by atoms with Gasteiger partial charge in [-0.3, -0.25) is 14.4 Å². The number of methoxy groups -OCH3 is 1. The number of nitrogens with zero attached hydrogens (tertiary/aromatic N) is 4. The number of carbonyl (C=O) groups excluding carboxylic acids is 4. The fraction of sp³-hybridized carbons (Fsp3) is 0.422. The number of anilines is 1. The van der Waals surface area contributed by atoms with Crippen LogP contribution in [0.3, 0.4) is 0 Å². The first kappa shape index (κ1) is 40.0. The van der Waals surface area contributed by atoms with E-state index < -0.39 is 0 Å². The van der Waals surface area contributed by atoms with Crippen molar-refractivity contribution >= 4 is 47.2 Å². The van der Waals surface area contributed by atoms with Crippen LogP contribution < -0.4 is 20.3 Å². The topological polar surface area (TPSA) is 115 Å². The molecule has 4 aliphatic rings. The minimum Gasteiger partial charge on any atom is -0.495 e. The Morgan fingerprint density at radius 3 is 2.46 bits per heavy atom. The summed E-state index contributed by atoms with van der Waals surface area (Å²) in [4.78, 5) is 59.7. The van der Waals surface area contributed by atoms with Gasteiger partial charge in [0.25, 0.3) is 0 Å². The molecule has 3 aromatic rings. The molecule has 0 spiro atoms. The highest BCUT2D eigenvalue weighted by Crippen LogP contribution is 2.35. The van der Waals surface area contributed by atoms with Crippen molar-refractivity contribution in [2.45, 2.75) is 82.3 Å². The van der Waals surface area contributed by atoms with Crippen molar-refractivity contribution in [3.05, 3.63) is 112 Å². The van der Waals surface area contributed by atoms with Gasteiger partial charge in [-0.1, -0.05) is 61.0 Å². The molecule has 300 valence electrons. The summed E-state index contributed by atoms with van der Waals surface area (Å²) in [5.41, 5.74) is 6.97. The lowest BCUT2D eigenvalue weighted by atomic mass is 9.96. The highest BCUT2D eigenvalue weighted by Gasteiger charge is 2.42. The van der Waals surface area contributed by atoms with Crippen LogP contribution in [0, 0.1) is 0 Å². The van der Waals surface area contributed by atoms with Crippen molar-refractivity contribution in [2.24, 2.45) is 0 Å². The largest absolute Gasteiger partial charge is 0.495 e. The molecule has 3 aromatic carbocycles. The number of amides is 4. The molecular formula is C45H54N6O5S. The number of piperidine rings is 1. The number of likely N-dealkylation sites (tertiary alicyclic amines) is 1. The van der Waals surface area contributed by atoms with E-state index in [0.29, 0.717) is 42.3 Å². The average Bonchev–Trinajstić information content (AvgIpc) is 3.89. The highest BCUT2D eigenvalue weighted by atomic mass is 32.2. The lowest BCUT2D eigenvalue weighted by Gasteiger charge is -2.34. The number of carbonyl (C=O) groups is 4. The van der Waals surface area contributed by atoms with Crippen molar-refractivity contribution in [1.29, 1.82) is 0 Å². The Labute approximate surface area is 340 Å². The molecule has 7 rings (SSSR count). The number of rotatable bonds is 14. The van der Waals surface area contributed by atoms with Gasteiger partial charge in [-0.05, 0) is 74.4 Å². The van der Waals surface area contributed by atoms with Gasteiger partial charge >= 0.3 is 6.03 Å². The number of benzene rings is 3. The molecule has 0 aromatic heterocycles. The molecule has 2 N–H and O–H groups in total. The van der Waals surface area contributed by atoms with Gasteiger partial charge in [0.2, 0.25) is 11.8 Å². The number of ketones is 1. The van der Waals surface area contributed by atoms with Crippen LogP contribution in [0.1, 0.15) is 91.0 Å². The maximum absolute atomic E-state index is 13.8. The molecule has 2 unspecified atom stereocenters. The first-order chi connectivity index (χ1) is 27.5. The van der Waals surface area contributed by atoms with E-state index in [2.05, 4.69) is 40.6 Å². The monoisotopic (exact) mass is 790 g/mol. The fourth-order valence-electron chi connectivity index (χ4n) is 8.25. The van der Waals surface area contributed by atoms with Gasteiger partial charge in [0.15, 0.2) is 5.78 Å². The fourth-order valence-corrected chi connectivity index (χ4v) is 9.79.